The van der Waals surface area contributed by atoms with Gasteiger partial charge in [-0.2, -0.15) is 0 Å². The fourth-order valence-corrected chi connectivity index (χ4v) is 3.45. The highest BCUT2D eigenvalue weighted by Gasteiger charge is 2.29. The van der Waals surface area contributed by atoms with Gasteiger partial charge in [-0.3, -0.25) is 14.8 Å². The number of pyridine rings is 1. The molecule has 1 aromatic carbocycles. The van der Waals surface area contributed by atoms with Crippen molar-refractivity contribution in [3.8, 4) is 0 Å². The Morgan fingerprint density at radius 3 is 2.75 bits per heavy atom. The van der Waals surface area contributed by atoms with E-state index in [4.69, 9.17) is 0 Å². The number of guanidine groups is 1. The summed E-state index contributed by atoms with van der Waals surface area (Å²) >= 11 is 0. The molecule has 2 aromatic rings. The number of likely N-dealkylation sites (tertiary alicyclic amines) is 1. The lowest BCUT2D eigenvalue weighted by Gasteiger charge is -2.18. The molecule has 0 bridgehead atoms. The second-order valence-electron chi connectivity index (χ2n) is 7.22. The van der Waals surface area contributed by atoms with E-state index in [1.165, 1.54) is 5.56 Å². The fourth-order valence-electron chi connectivity index (χ4n) is 3.45. The first kappa shape index (κ1) is 19.9. The van der Waals surface area contributed by atoms with E-state index in [2.05, 4.69) is 32.7 Å². The summed E-state index contributed by atoms with van der Waals surface area (Å²) < 4.78 is 0. The van der Waals surface area contributed by atoms with Gasteiger partial charge in [0, 0.05) is 44.7 Å². The van der Waals surface area contributed by atoms with Crippen molar-refractivity contribution in [2.45, 2.75) is 26.3 Å². The van der Waals surface area contributed by atoms with Gasteiger partial charge < -0.3 is 15.5 Å². The van der Waals surface area contributed by atoms with E-state index in [1.54, 1.807) is 7.05 Å². The van der Waals surface area contributed by atoms with Gasteiger partial charge in [0.2, 0.25) is 5.91 Å². The van der Waals surface area contributed by atoms with E-state index < -0.39 is 0 Å². The Morgan fingerprint density at radius 2 is 2.00 bits per heavy atom. The van der Waals surface area contributed by atoms with Crippen LogP contribution in [0, 0.1) is 12.8 Å². The number of hydrogen-bond donors (Lipinski definition) is 2. The Kier molecular flexibility index (Phi) is 7.00. The van der Waals surface area contributed by atoms with Crippen molar-refractivity contribution in [2.24, 2.45) is 10.9 Å². The highest BCUT2D eigenvalue weighted by atomic mass is 16.2. The maximum absolute atomic E-state index is 12.3. The molecule has 28 heavy (non-hydrogen) atoms. The summed E-state index contributed by atoms with van der Waals surface area (Å²) in [5, 5.41) is 6.63. The minimum atomic E-state index is 0.245. The topological polar surface area (TPSA) is 69.6 Å². The Labute approximate surface area is 167 Å². The van der Waals surface area contributed by atoms with Crippen molar-refractivity contribution in [3.63, 3.8) is 0 Å². The highest BCUT2D eigenvalue weighted by molar-refractivity contribution is 5.80. The number of benzene rings is 1. The molecule has 148 valence electrons. The molecule has 0 radical (unpaired) electrons. The van der Waals surface area contributed by atoms with Crippen LogP contribution in [0.5, 0.6) is 0 Å². The normalized spacial score (nSPS) is 17.1. The molecule has 0 aliphatic carbocycles. The second-order valence-corrected chi connectivity index (χ2v) is 7.22. The monoisotopic (exact) mass is 379 g/mol. The van der Waals surface area contributed by atoms with E-state index in [0.717, 1.165) is 43.4 Å². The van der Waals surface area contributed by atoms with Crippen molar-refractivity contribution in [1.82, 2.24) is 20.5 Å². The quantitative estimate of drug-likeness (QED) is 0.571. The Balaban J connectivity index is 1.41. The fraction of sp³-hybridized carbons (Fsp3) is 0.409. The molecular formula is C22H29N5O. The molecule has 6 nitrogen and oxygen atoms in total. The van der Waals surface area contributed by atoms with Gasteiger partial charge in [-0.05, 0) is 31.0 Å². The molecule has 1 aliphatic rings. The van der Waals surface area contributed by atoms with Gasteiger partial charge in [0.05, 0.1) is 12.2 Å². The van der Waals surface area contributed by atoms with Crippen molar-refractivity contribution in [2.75, 3.05) is 26.7 Å². The summed E-state index contributed by atoms with van der Waals surface area (Å²) in [5.41, 5.74) is 3.25. The summed E-state index contributed by atoms with van der Waals surface area (Å²) in [6.07, 6.45) is 1.50. The van der Waals surface area contributed by atoms with E-state index >= 15 is 0 Å². The number of aryl methyl sites for hydroxylation is 1. The van der Waals surface area contributed by atoms with Gasteiger partial charge in [-0.25, -0.2) is 0 Å². The van der Waals surface area contributed by atoms with Crippen LogP contribution in [0.2, 0.25) is 0 Å². The predicted molar refractivity (Wildman–Crippen MR) is 112 cm³/mol. The SMILES string of the molecule is CN=C(NCc1cccc(C)n1)NCC1CC(=O)N(CCc2ccccc2)C1. The van der Waals surface area contributed by atoms with Crippen molar-refractivity contribution < 1.29 is 4.79 Å². The minimum absolute atomic E-state index is 0.245. The summed E-state index contributed by atoms with van der Waals surface area (Å²) in [7, 11) is 1.75. The summed E-state index contributed by atoms with van der Waals surface area (Å²) in [6.45, 7) is 4.92. The van der Waals surface area contributed by atoms with Crippen LogP contribution in [-0.4, -0.2) is 48.4 Å². The molecule has 1 saturated heterocycles. The van der Waals surface area contributed by atoms with Gasteiger partial charge in [-0.15, -0.1) is 0 Å². The van der Waals surface area contributed by atoms with E-state index in [0.29, 0.717) is 18.9 Å². The standard InChI is InChI=1S/C22H29N5O/c1-17-7-6-10-20(26-17)15-25-22(23-2)24-14-19-13-21(28)27(16-19)12-11-18-8-4-3-5-9-18/h3-10,19H,11-16H2,1-2H3,(H2,23,24,25). The summed E-state index contributed by atoms with van der Waals surface area (Å²) in [6, 6.07) is 16.3. The summed E-state index contributed by atoms with van der Waals surface area (Å²) in [5.74, 6) is 1.28. The summed E-state index contributed by atoms with van der Waals surface area (Å²) in [4.78, 5) is 23.0. The number of nitrogens with one attached hydrogen (secondary N) is 2. The smallest absolute Gasteiger partial charge is 0.223 e. The van der Waals surface area contributed by atoms with E-state index in [1.807, 2.05) is 48.2 Å². The van der Waals surface area contributed by atoms with Gasteiger partial charge in [0.15, 0.2) is 5.96 Å². The molecule has 1 amide bonds. The number of carbonyl (C=O) groups is 1. The van der Waals surface area contributed by atoms with Crippen LogP contribution in [0.25, 0.3) is 0 Å². The van der Waals surface area contributed by atoms with E-state index in [-0.39, 0.29) is 5.91 Å². The van der Waals surface area contributed by atoms with E-state index in [9.17, 15) is 4.79 Å². The number of aromatic nitrogens is 1. The third kappa shape index (κ3) is 5.81. The van der Waals surface area contributed by atoms with Crippen LogP contribution in [0.4, 0.5) is 0 Å². The van der Waals surface area contributed by atoms with Crippen LogP contribution in [0.3, 0.4) is 0 Å². The molecule has 1 fully saturated rings. The van der Waals surface area contributed by atoms with Crippen LogP contribution in [-0.2, 0) is 17.8 Å². The molecule has 1 aliphatic heterocycles. The second kappa shape index (κ2) is 9.88. The first-order valence-electron chi connectivity index (χ1n) is 9.83. The average molecular weight is 380 g/mol. The van der Waals surface area contributed by atoms with Gasteiger partial charge in [-0.1, -0.05) is 36.4 Å². The van der Waals surface area contributed by atoms with Crippen molar-refractivity contribution in [3.05, 3.63) is 65.5 Å². The highest BCUT2D eigenvalue weighted by Crippen LogP contribution is 2.17. The third-order valence-corrected chi connectivity index (χ3v) is 4.97. The Hall–Kier alpha value is -2.89. The largest absolute Gasteiger partial charge is 0.356 e. The Morgan fingerprint density at radius 1 is 1.18 bits per heavy atom. The molecular weight excluding hydrogens is 350 g/mol. The van der Waals surface area contributed by atoms with Gasteiger partial charge in [0.25, 0.3) is 0 Å². The van der Waals surface area contributed by atoms with Crippen LogP contribution in [0.1, 0.15) is 23.4 Å². The molecule has 2 heterocycles. The molecule has 1 unspecified atom stereocenters. The van der Waals surface area contributed by atoms with Gasteiger partial charge in [0.1, 0.15) is 0 Å². The molecule has 0 saturated carbocycles. The van der Waals surface area contributed by atoms with Gasteiger partial charge >= 0.3 is 0 Å². The number of nitrogens with zero attached hydrogens (tertiary/aromatic N) is 3. The first-order valence-corrected chi connectivity index (χ1v) is 9.83. The first-order chi connectivity index (χ1) is 13.6. The maximum atomic E-state index is 12.3. The molecule has 1 atom stereocenters. The lowest BCUT2D eigenvalue weighted by molar-refractivity contribution is -0.127. The zero-order valence-electron chi connectivity index (χ0n) is 16.7. The van der Waals surface area contributed by atoms with Crippen molar-refractivity contribution >= 4 is 11.9 Å². The molecule has 1 aromatic heterocycles. The maximum Gasteiger partial charge on any atom is 0.223 e. The van der Waals surface area contributed by atoms with Crippen molar-refractivity contribution in [1.29, 1.82) is 0 Å². The van der Waals surface area contributed by atoms with Crippen LogP contribution >= 0.6 is 0 Å². The number of aliphatic imine (C=N–C) groups is 1. The van der Waals surface area contributed by atoms with Crippen LogP contribution in [0.15, 0.2) is 53.5 Å². The average Bonchev–Trinajstić information content (AvgIpc) is 3.07. The Bertz CT molecular complexity index is 806. The zero-order chi connectivity index (χ0) is 19.8. The predicted octanol–water partition coefficient (Wildman–Crippen LogP) is 2.15. The molecule has 0 spiro atoms. The van der Waals surface area contributed by atoms with Crippen LogP contribution < -0.4 is 10.6 Å². The number of carbonyl (C=O) groups excluding carboxylic acids is 1. The number of amides is 1. The minimum Gasteiger partial charge on any atom is -0.356 e. The molecule has 2 N–H and O–H groups in total. The molecule has 3 rings (SSSR count). The zero-order valence-corrected chi connectivity index (χ0v) is 16.7. The number of hydrogen-bond acceptors (Lipinski definition) is 3. The lowest BCUT2D eigenvalue weighted by Crippen LogP contribution is -2.40. The molecule has 6 heteroatoms. The number of rotatable bonds is 7. The lowest BCUT2D eigenvalue weighted by atomic mass is 10.1. The third-order valence-electron chi connectivity index (χ3n) is 4.97.